The molecular formula is C13H16N4. The SMILES string of the molecule is CCc1cc(C(C)=NC)cc2cnc(N)nc12. The minimum Gasteiger partial charge on any atom is -0.368 e. The number of aromatic nitrogens is 2. The topological polar surface area (TPSA) is 64.2 Å². The molecule has 2 aromatic rings. The summed E-state index contributed by atoms with van der Waals surface area (Å²) in [5, 5.41) is 1.01. The largest absolute Gasteiger partial charge is 0.368 e. The van der Waals surface area contributed by atoms with Crippen molar-refractivity contribution in [2.45, 2.75) is 20.3 Å². The number of aliphatic imine (C=N–C) groups is 1. The van der Waals surface area contributed by atoms with Crippen molar-refractivity contribution < 1.29 is 0 Å². The van der Waals surface area contributed by atoms with Gasteiger partial charge in [0.1, 0.15) is 0 Å². The summed E-state index contributed by atoms with van der Waals surface area (Å²) >= 11 is 0. The molecule has 17 heavy (non-hydrogen) atoms. The standard InChI is InChI=1S/C13H16N4/c1-4-9-5-10(8(2)15-3)6-11-7-16-13(14)17-12(9)11/h5-7H,4H2,1-3H3,(H2,14,16,17). The Morgan fingerprint density at radius 2 is 2.18 bits per heavy atom. The van der Waals surface area contributed by atoms with Crippen LogP contribution in [0.1, 0.15) is 25.0 Å². The van der Waals surface area contributed by atoms with Crippen LogP contribution in [0.4, 0.5) is 5.95 Å². The number of aryl methyl sites for hydroxylation is 1. The highest BCUT2D eigenvalue weighted by Gasteiger charge is 2.07. The van der Waals surface area contributed by atoms with Crippen molar-refractivity contribution >= 4 is 22.6 Å². The Morgan fingerprint density at radius 1 is 1.41 bits per heavy atom. The molecule has 0 saturated carbocycles. The first-order valence-corrected chi connectivity index (χ1v) is 5.64. The van der Waals surface area contributed by atoms with E-state index in [9.17, 15) is 0 Å². The lowest BCUT2D eigenvalue weighted by atomic mass is 10.0. The summed E-state index contributed by atoms with van der Waals surface area (Å²) < 4.78 is 0. The fourth-order valence-corrected chi connectivity index (χ4v) is 1.84. The van der Waals surface area contributed by atoms with E-state index in [-0.39, 0.29) is 0 Å². The van der Waals surface area contributed by atoms with Gasteiger partial charge in [-0.2, -0.15) is 0 Å². The van der Waals surface area contributed by atoms with Gasteiger partial charge in [-0.05, 0) is 36.6 Å². The summed E-state index contributed by atoms with van der Waals surface area (Å²) in [5.41, 5.74) is 9.87. The molecule has 2 rings (SSSR count). The number of nitrogens with two attached hydrogens (primary N) is 1. The zero-order chi connectivity index (χ0) is 12.4. The van der Waals surface area contributed by atoms with Crippen molar-refractivity contribution in [2.24, 2.45) is 4.99 Å². The van der Waals surface area contributed by atoms with Crippen LogP contribution < -0.4 is 5.73 Å². The van der Waals surface area contributed by atoms with Gasteiger partial charge in [-0.1, -0.05) is 6.92 Å². The predicted octanol–water partition coefficient (Wildman–Crippen LogP) is 2.21. The Bertz CT molecular complexity index is 587. The molecule has 1 heterocycles. The lowest BCUT2D eigenvalue weighted by Gasteiger charge is -2.08. The Labute approximate surface area is 101 Å². The summed E-state index contributed by atoms with van der Waals surface area (Å²) in [7, 11) is 1.80. The molecule has 2 N–H and O–H groups in total. The number of fused-ring (bicyclic) bond motifs is 1. The second-order valence-electron chi connectivity index (χ2n) is 3.96. The molecule has 0 fully saturated rings. The van der Waals surface area contributed by atoms with Crippen molar-refractivity contribution in [3.63, 3.8) is 0 Å². The summed E-state index contributed by atoms with van der Waals surface area (Å²) in [6.45, 7) is 4.11. The average molecular weight is 228 g/mol. The van der Waals surface area contributed by atoms with E-state index in [0.717, 1.165) is 28.6 Å². The van der Waals surface area contributed by atoms with Gasteiger partial charge >= 0.3 is 0 Å². The summed E-state index contributed by atoms with van der Waals surface area (Å²) in [6.07, 6.45) is 2.68. The zero-order valence-electron chi connectivity index (χ0n) is 10.4. The lowest BCUT2D eigenvalue weighted by Crippen LogP contribution is -2.00. The molecule has 0 unspecified atom stereocenters. The number of benzene rings is 1. The Hall–Kier alpha value is -1.97. The van der Waals surface area contributed by atoms with Crippen molar-refractivity contribution in [1.29, 1.82) is 0 Å². The van der Waals surface area contributed by atoms with Crippen LogP contribution in [0, 0.1) is 0 Å². The van der Waals surface area contributed by atoms with Gasteiger partial charge in [0.2, 0.25) is 5.95 Å². The maximum Gasteiger partial charge on any atom is 0.220 e. The van der Waals surface area contributed by atoms with Gasteiger partial charge in [0.15, 0.2) is 0 Å². The van der Waals surface area contributed by atoms with Crippen LogP contribution in [0.3, 0.4) is 0 Å². The Kier molecular flexibility index (Phi) is 3.04. The van der Waals surface area contributed by atoms with E-state index < -0.39 is 0 Å². The normalized spacial score (nSPS) is 12.1. The zero-order valence-corrected chi connectivity index (χ0v) is 10.4. The smallest absolute Gasteiger partial charge is 0.220 e. The van der Waals surface area contributed by atoms with Gasteiger partial charge in [-0.25, -0.2) is 9.97 Å². The molecule has 4 nitrogen and oxygen atoms in total. The van der Waals surface area contributed by atoms with Crippen LogP contribution in [0.5, 0.6) is 0 Å². The van der Waals surface area contributed by atoms with Crippen LogP contribution in [0.2, 0.25) is 0 Å². The van der Waals surface area contributed by atoms with E-state index in [2.05, 4.69) is 34.0 Å². The lowest BCUT2D eigenvalue weighted by molar-refractivity contribution is 1.13. The molecule has 0 amide bonds. The van der Waals surface area contributed by atoms with Crippen LogP contribution in [0.15, 0.2) is 23.3 Å². The molecule has 0 spiro atoms. The second-order valence-corrected chi connectivity index (χ2v) is 3.96. The number of anilines is 1. The highest BCUT2D eigenvalue weighted by molar-refractivity contribution is 6.02. The molecule has 88 valence electrons. The maximum absolute atomic E-state index is 5.63. The predicted molar refractivity (Wildman–Crippen MR) is 71.5 cm³/mol. The molecule has 1 aromatic heterocycles. The van der Waals surface area contributed by atoms with E-state index in [1.165, 1.54) is 5.56 Å². The van der Waals surface area contributed by atoms with E-state index in [1.807, 2.05) is 6.92 Å². The van der Waals surface area contributed by atoms with Crippen LogP contribution >= 0.6 is 0 Å². The van der Waals surface area contributed by atoms with Gasteiger partial charge in [0.25, 0.3) is 0 Å². The molecule has 0 saturated heterocycles. The van der Waals surface area contributed by atoms with Crippen LogP contribution in [-0.4, -0.2) is 22.7 Å². The summed E-state index contributed by atoms with van der Waals surface area (Å²) in [5.74, 6) is 0.320. The molecule has 0 aliphatic carbocycles. The van der Waals surface area contributed by atoms with Crippen molar-refractivity contribution in [3.8, 4) is 0 Å². The molecule has 0 aliphatic heterocycles. The first-order chi connectivity index (χ1) is 8.15. The number of rotatable bonds is 2. The van der Waals surface area contributed by atoms with Crippen LogP contribution in [-0.2, 0) is 6.42 Å². The summed E-state index contributed by atoms with van der Waals surface area (Å²) in [4.78, 5) is 12.5. The van der Waals surface area contributed by atoms with E-state index in [0.29, 0.717) is 5.95 Å². The molecule has 0 radical (unpaired) electrons. The minimum absolute atomic E-state index is 0.320. The third kappa shape index (κ3) is 2.11. The average Bonchev–Trinajstić information content (AvgIpc) is 2.36. The molecule has 0 atom stereocenters. The van der Waals surface area contributed by atoms with Crippen molar-refractivity contribution in [1.82, 2.24) is 9.97 Å². The minimum atomic E-state index is 0.320. The van der Waals surface area contributed by atoms with Gasteiger partial charge in [0.05, 0.1) is 5.52 Å². The Morgan fingerprint density at radius 3 is 2.82 bits per heavy atom. The number of hydrogen-bond donors (Lipinski definition) is 1. The number of hydrogen-bond acceptors (Lipinski definition) is 4. The third-order valence-corrected chi connectivity index (χ3v) is 2.91. The maximum atomic E-state index is 5.63. The monoisotopic (exact) mass is 228 g/mol. The number of nitrogen functional groups attached to an aromatic ring is 1. The molecule has 4 heteroatoms. The van der Waals surface area contributed by atoms with Gasteiger partial charge < -0.3 is 5.73 Å². The molecule has 0 bridgehead atoms. The van der Waals surface area contributed by atoms with Crippen molar-refractivity contribution in [3.05, 3.63) is 29.5 Å². The third-order valence-electron chi connectivity index (χ3n) is 2.91. The second kappa shape index (κ2) is 4.49. The fourth-order valence-electron chi connectivity index (χ4n) is 1.84. The van der Waals surface area contributed by atoms with Gasteiger partial charge in [-0.15, -0.1) is 0 Å². The Balaban J connectivity index is 2.75. The van der Waals surface area contributed by atoms with E-state index in [4.69, 9.17) is 5.73 Å². The summed E-state index contributed by atoms with van der Waals surface area (Å²) in [6, 6.07) is 4.17. The highest BCUT2D eigenvalue weighted by atomic mass is 15.0. The molecular weight excluding hydrogens is 212 g/mol. The number of nitrogens with zero attached hydrogens (tertiary/aromatic N) is 3. The van der Waals surface area contributed by atoms with E-state index >= 15 is 0 Å². The quantitative estimate of drug-likeness (QED) is 0.801. The molecule has 1 aromatic carbocycles. The first kappa shape index (κ1) is 11.5. The van der Waals surface area contributed by atoms with Crippen LogP contribution in [0.25, 0.3) is 10.9 Å². The highest BCUT2D eigenvalue weighted by Crippen LogP contribution is 2.20. The van der Waals surface area contributed by atoms with Crippen molar-refractivity contribution in [2.75, 3.05) is 12.8 Å². The molecule has 0 aliphatic rings. The first-order valence-electron chi connectivity index (χ1n) is 5.64. The van der Waals surface area contributed by atoms with Gasteiger partial charge in [-0.3, -0.25) is 4.99 Å². The van der Waals surface area contributed by atoms with Gasteiger partial charge in [0, 0.05) is 24.3 Å². The fraction of sp³-hybridized carbons (Fsp3) is 0.308. The van der Waals surface area contributed by atoms with E-state index in [1.54, 1.807) is 13.2 Å².